The van der Waals surface area contributed by atoms with Crippen LogP contribution in [-0.4, -0.2) is 23.1 Å². The lowest BCUT2D eigenvalue weighted by atomic mass is 10.4. The van der Waals surface area contributed by atoms with Crippen LogP contribution in [0.3, 0.4) is 0 Å². The number of ether oxygens (including phenoxy) is 1. The highest BCUT2D eigenvalue weighted by molar-refractivity contribution is 6.40. The van der Waals surface area contributed by atoms with Gasteiger partial charge in [0.25, 0.3) is 0 Å². The largest absolute Gasteiger partial charge is 0.475 e. The van der Waals surface area contributed by atoms with E-state index in [-0.39, 0.29) is 6.61 Å². The normalized spacial score (nSPS) is 8.92. The third-order valence-corrected chi connectivity index (χ3v) is 1.11. The summed E-state index contributed by atoms with van der Waals surface area (Å²) in [6.07, 6.45) is 4.30. The van der Waals surface area contributed by atoms with Crippen molar-refractivity contribution in [1.82, 2.24) is 0 Å². The zero-order chi connectivity index (χ0) is 10.1. The quantitative estimate of drug-likeness (QED) is 0.209. The van der Waals surface area contributed by atoms with Gasteiger partial charge in [0.2, 0.25) is 0 Å². The maximum atomic E-state index is 10.8. The van der Waals surface area contributed by atoms with Crippen molar-refractivity contribution in [3.05, 3.63) is 17.7 Å². The second-order valence-electron chi connectivity index (χ2n) is 2.04. The Balaban J connectivity index is 3.97. The number of hydrogen-bond acceptors (Lipinski definition) is 3. The minimum absolute atomic E-state index is 0.0768. The van der Waals surface area contributed by atoms with Crippen molar-refractivity contribution in [1.29, 1.82) is 5.26 Å². The lowest BCUT2D eigenvalue weighted by Gasteiger charge is -1.92. The first kappa shape index (κ1) is 11.1. The van der Waals surface area contributed by atoms with Crippen LogP contribution >= 0.6 is 0 Å². The van der Waals surface area contributed by atoms with Crippen LogP contribution in [-0.2, 0) is 9.53 Å². The molecule has 0 unspecified atom stereocenters. The second kappa shape index (κ2) is 6.77. The van der Waals surface area contributed by atoms with E-state index in [0.29, 0.717) is 0 Å². The van der Waals surface area contributed by atoms with E-state index in [1.807, 2.05) is 13.0 Å². The lowest BCUT2D eigenvalue weighted by molar-refractivity contribution is -0.138. The minimum Gasteiger partial charge on any atom is -0.452 e. The van der Waals surface area contributed by atoms with Crippen LogP contribution in [0.2, 0.25) is 0 Å². The monoisotopic (exact) mass is 179 g/mol. The summed E-state index contributed by atoms with van der Waals surface area (Å²) in [5, 5.41) is 8.24. The molecule has 0 aromatic heterocycles. The van der Waals surface area contributed by atoms with Gasteiger partial charge in [-0.05, 0) is 6.42 Å². The average molecular weight is 179 g/mol. The summed E-state index contributed by atoms with van der Waals surface area (Å²) in [7, 11) is 0. The molecule has 0 aromatic carbocycles. The molecule has 0 rings (SSSR count). The highest BCUT2D eigenvalue weighted by Crippen LogP contribution is 1.84. The Morgan fingerprint density at radius 1 is 1.69 bits per heavy atom. The van der Waals surface area contributed by atoms with Gasteiger partial charge in [-0.2, -0.15) is 5.26 Å². The van der Waals surface area contributed by atoms with Crippen LogP contribution < -0.4 is 0 Å². The van der Waals surface area contributed by atoms with Gasteiger partial charge < -0.3 is 10.3 Å². The lowest BCUT2D eigenvalue weighted by Crippen LogP contribution is -2.16. The first-order valence-corrected chi connectivity index (χ1v) is 3.70. The van der Waals surface area contributed by atoms with Crippen molar-refractivity contribution in [2.24, 2.45) is 0 Å². The van der Waals surface area contributed by atoms with Gasteiger partial charge in [-0.25, -0.2) is 4.79 Å². The van der Waals surface area contributed by atoms with Gasteiger partial charge in [-0.15, -0.1) is 4.79 Å². The van der Waals surface area contributed by atoms with Crippen LogP contribution in [0.1, 0.15) is 13.3 Å². The molecule has 0 aliphatic carbocycles. The molecule has 0 amide bonds. The molecular weight excluding hydrogens is 170 g/mol. The fourth-order valence-corrected chi connectivity index (χ4v) is 0.536. The van der Waals surface area contributed by atoms with Gasteiger partial charge in [-0.1, -0.05) is 19.1 Å². The molecule has 0 heterocycles. The van der Waals surface area contributed by atoms with Crippen LogP contribution in [0.5, 0.6) is 0 Å². The maximum absolute atomic E-state index is 10.8. The van der Waals surface area contributed by atoms with E-state index < -0.39 is 11.7 Å². The zero-order valence-electron chi connectivity index (χ0n) is 7.23. The van der Waals surface area contributed by atoms with E-state index in [9.17, 15) is 4.79 Å². The van der Waals surface area contributed by atoms with Crippen molar-refractivity contribution in [3.63, 3.8) is 0 Å². The number of carbonyl (C=O) groups is 1. The Bertz CT molecular complexity index is 295. The summed E-state index contributed by atoms with van der Waals surface area (Å²) in [6, 6.07) is 1.39. The van der Waals surface area contributed by atoms with Crippen molar-refractivity contribution >= 4 is 11.7 Å². The highest BCUT2D eigenvalue weighted by atomic mass is 16.5. The number of carbonyl (C=O) groups excluding carboxylic acids is 1. The fraction of sp³-hybridized carbons (Fsp3) is 0.375. The molecule has 0 bridgehead atoms. The molecule has 68 valence electrons. The molecule has 5 nitrogen and oxygen atoms in total. The van der Waals surface area contributed by atoms with Gasteiger partial charge >= 0.3 is 11.7 Å². The van der Waals surface area contributed by atoms with Crippen molar-refractivity contribution in [3.8, 4) is 6.07 Å². The summed E-state index contributed by atoms with van der Waals surface area (Å²) in [4.78, 5) is 13.3. The minimum atomic E-state index is -0.925. The first-order valence-electron chi connectivity index (χ1n) is 3.70. The Labute approximate surface area is 75.9 Å². The third kappa shape index (κ3) is 4.51. The van der Waals surface area contributed by atoms with Crippen LogP contribution in [0.25, 0.3) is 5.53 Å². The predicted molar refractivity (Wildman–Crippen MR) is 44.6 cm³/mol. The molecule has 0 spiro atoms. The molecule has 0 radical (unpaired) electrons. The Morgan fingerprint density at radius 2 is 2.38 bits per heavy atom. The Hall–Kier alpha value is -1.92. The van der Waals surface area contributed by atoms with E-state index in [1.165, 1.54) is 6.07 Å². The predicted octanol–water partition coefficient (Wildman–Crippen LogP) is 0.690. The van der Waals surface area contributed by atoms with E-state index in [2.05, 4.69) is 9.53 Å². The summed E-state index contributed by atoms with van der Waals surface area (Å²) in [6.45, 7) is 2.02. The molecule has 5 heteroatoms. The van der Waals surface area contributed by atoms with E-state index in [1.54, 1.807) is 6.08 Å². The average Bonchev–Trinajstić information content (AvgIpc) is 2.14. The van der Waals surface area contributed by atoms with Crippen molar-refractivity contribution < 1.29 is 14.3 Å². The first-order chi connectivity index (χ1) is 6.26. The molecule has 0 aliphatic rings. The molecule has 0 aromatic rings. The van der Waals surface area contributed by atoms with Gasteiger partial charge in [-0.3, -0.25) is 0 Å². The van der Waals surface area contributed by atoms with Gasteiger partial charge in [0, 0.05) is 0 Å². The number of esters is 1. The van der Waals surface area contributed by atoms with Crippen molar-refractivity contribution in [2.45, 2.75) is 13.3 Å². The van der Waals surface area contributed by atoms with Gasteiger partial charge in [0.05, 0.1) is 0 Å². The molecule has 0 aliphatic heterocycles. The fourth-order valence-electron chi connectivity index (χ4n) is 0.536. The Morgan fingerprint density at radius 3 is 2.85 bits per heavy atom. The molecular formula is C8H9N3O2. The highest BCUT2D eigenvalue weighted by Gasteiger charge is 2.20. The SMILES string of the molecule is CC/C=C\COC(=O)C(C#N)=[N+]=[N-]. The smallest absolute Gasteiger partial charge is 0.452 e. The number of hydrogen-bond donors (Lipinski definition) is 0. The number of allylic oxidation sites excluding steroid dienone is 1. The maximum Gasteiger partial charge on any atom is 0.475 e. The number of rotatable bonds is 4. The van der Waals surface area contributed by atoms with Crippen LogP contribution in [0.15, 0.2) is 12.2 Å². The molecule has 0 atom stereocenters. The zero-order valence-corrected chi connectivity index (χ0v) is 7.23. The van der Waals surface area contributed by atoms with E-state index >= 15 is 0 Å². The summed E-state index contributed by atoms with van der Waals surface area (Å²) in [5.74, 6) is -0.925. The standard InChI is InChI=1S/C8H9N3O2/c1-2-3-4-5-13-8(12)7(6-9)11-10/h3-4H,2,5H2,1H3/b4-3-. The van der Waals surface area contributed by atoms with E-state index in [4.69, 9.17) is 10.8 Å². The Kier molecular flexibility index (Phi) is 5.77. The topological polar surface area (TPSA) is 86.5 Å². The number of nitrogens with zero attached hydrogens (tertiary/aromatic N) is 3. The van der Waals surface area contributed by atoms with Gasteiger partial charge in [0.1, 0.15) is 6.61 Å². The number of nitriles is 1. The summed E-state index contributed by atoms with van der Waals surface area (Å²) < 4.78 is 4.55. The van der Waals surface area contributed by atoms with E-state index in [0.717, 1.165) is 6.42 Å². The third-order valence-electron chi connectivity index (χ3n) is 1.11. The molecule has 0 N–H and O–H groups in total. The molecule has 0 saturated carbocycles. The second-order valence-corrected chi connectivity index (χ2v) is 2.04. The van der Waals surface area contributed by atoms with Crippen molar-refractivity contribution in [2.75, 3.05) is 6.61 Å². The molecule has 13 heavy (non-hydrogen) atoms. The molecule has 0 saturated heterocycles. The van der Waals surface area contributed by atoms with Crippen LogP contribution in [0.4, 0.5) is 0 Å². The summed E-state index contributed by atoms with van der Waals surface area (Å²) >= 11 is 0. The summed E-state index contributed by atoms with van der Waals surface area (Å²) in [5.41, 5.74) is 7.50. The van der Waals surface area contributed by atoms with Crippen LogP contribution in [0, 0.1) is 11.3 Å². The van der Waals surface area contributed by atoms with Gasteiger partial charge in [0.15, 0.2) is 6.07 Å². The molecule has 0 fully saturated rings.